The molecule has 5 heteroatoms. The molecule has 0 atom stereocenters. The number of anilines is 2. The Morgan fingerprint density at radius 1 is 1.35 bits per heavy atom. The van der Waals surface area contributed by atoms with Crippen LogP contribution in [-0.4, -0.2) is 25.1 Å². The summed E-state index contributed by atoms with van der Waals surface area (Å²) in [6.45, 7) is 7.26. The number of ether oxygens (including phenoxy) is 1. The van der Waals surface area contributed by atoms with E-state index in [1.54, 1.807) is 6.07 Å². The summed E-state index contributed by atoms with van der Waals surface area (Å²) in [7, 11) is 0. The number of carbonyl (C=O) groups excluding carboxylic acids is 1. The average Bonchev–Trinajstić information content (AvgIpc) is 2.39. The van der Waals surface area contributed by atoms with Gasteiger partial charge in [-0.15, -0.1) is 0 Å². The highest BCUT2D eigenvalue weighted by Crippen LogP contribution is 2.26. The number of amides is 1. The van der Waals surface area contributed by atoms with Crippen LogP contribution in [0.25, 0.3) is 0 Å². The third-order valence-corrected chi connectivity index (χ3v) is 2.63. The summed E-state index contributed by atoms with van der Waals surface area (Å²) in [6, 6.07) is 5.54. The fourth-order valence-electron chi connectivity index (χ4n) is 1.67. The molecule has 1 aromatic rings. The molecule has 0 fully saturated rings. The van der Waals surface area contributed by atoms with Gasteiger partial charge in [-0.2, -0.15) is 0 Å². The number of nitrogens with two attached hydrogens (primary N) is 1. The van der Waals surface area contributed by atoms with Crippen LogP contribution < -0.4 is 21.1 Å². The fourth-order valence-corrected chi connectivity index (χ4v) is 1.67. The molecule has 0 saturated heterocycles. The molecule has 4 N–H and O–H groups in total. The number of hydrogen-bond acceptors (Lipinski definition) is 4. The number of rotatable bonds is 8. The number of hydrogen-bond donors (Lipinski definition) is 3. The number of nitrogens with one attached hydrogen (secondary N) is 2. The average molecular weight is 279 g/mol. The number of benzene rings is 1. The second-order valence-corrected chi connectivity index (χ2v) is 4.95. The second kappa shape index (κ2) is 8.30. The van der Waals surface area contributed by atoms with Crippen molar-refractivity contribution in [2.24, 2.45) is 0 Å². The van der Waals surface area contributed by atoms with Gasteiger partial charge in [0.25, 0.3) is 0 Å². The molecule has 0 radical (unpaired) electrons. The number of carbonyl (C=O) groups is 1. The first-order valence-electron chi connectivity index (χ1n) is 7.09. The summed E-state index contributed by atoms with van der Waals surface area (Å²) in [6.07, 6.45) is 1.48. The standard InChI is InChI=1S/C15H25N3O2/c1-4-8-18-15(19)7-9-17-12-5-6-13(16)14(10-12)20-11(2)3/h5-6,10-11,17H,4,7-9,16H2,1-3H3,(H,18,19). The van der Waals surface area contributed by atoms with Crippen molar-refractivity contribution in [3.63, 3.8) is 0 Å². The van der Waals surface area contributed by atoms with Gasteiger partial charge in [-0.25, -0.2) is 0 Å². The fraction of sp³-hybridized carbons (Fsp3) is 0.533. The Labute approximate surface area is 120 Å². The molecule has 0 spiro atoms. The second-order valence-electron chi connectivity index (χ2n) is 4.95. The molecule has 20 heavy (non-hydrogen) atoms. The molecule has 0 aliphatic heterocycles. The van der Waals surface area contributed by atoms with Crippen LogP contribution in [0.4, 0.5) is 11.4 Å². The van der Waals surface area contributed by atoms with Gasteiger partial charge in [-0.05, 0) is 32.4 Å². The highest BCUT2D eigenvalue weighted by atomic mass is 16.5. The van der Waals surface area contributed by atoms with Gasteiger partial charge in [-0.1, -0.05) is 6.92 Å². The Hall–Kier alpha value is -1.91. The van der Waals surface area contributed by atoms with Crippen LogP contribution >= 0.6 is 0 Å². The first-order chi connectivity index (χ1) is 9.52. The van der Waals surface area contributed by atoms with Crippen LogP contribution in [0.5, 0.6) is 5.75 Å². The predicted molar refractivity (Wildman–Crippen MR) is 83.0 cm³/mol. The normalized spacial score (nSPS) is 10.4. The minimum atomic E-state index is 0.0634. The molecule has 0 unspecified atom stereocenters. The van der Waals surface area contributed by atoms with Gasteiger partial charge >= 0.3 is 0 Å². The zero-order valence-corrected chi connectivity index (χ0v) is 12.5. The van der Waals surface area contributed by atoms with E-state index >= 15 is 0 Å². The smallest absolute Gasteiger partial charge is 0.221 e. The number of nitrogen functional groups attached to an aromatic ring is 1. The molecule has 5 nitrogen and oxygen atoms in total. The van der Waals surface area contributed by atoms with Crippen molar-refractivity contribution in [3.05, 3.63) is 18.2 Å². The first kappa shape index (κ1) is 16.1. The summed E-state index contributed by atoms with van der Waals surface area (Å²) < 4.78 is 5.62. The monoisotopic (exact) mass is 279 g/mol. The SMILES string of the molecule is CCCNC(=O)CCNc1ccc(N)c(OC(C)C)c1. The maximum Gasteiger partial charge on any atom is 0.221 e. The van der Waals surface area contributed by atoms with Crippen LogP contribution in [0.15, 0.2) is 18.2 Å². The van der Waals surface area contributed by atoms with Gasteiger partial charge in [-0.3, -0.25) is 4.79 Å². The van der Waals surface area contributed by atoms with E-state index in [4.69, 9.17) is 10.5 Å². The van der Waals surface area contributed by atoms with Gasteiger partial charge in [0, 0.05) is 31.3 Å². The van der Waals surface area contributed by atoms with Crippen molar-refractivity contribution in [2.45, 2.75) is 39.7 Å². The van der Waals surface area contributed by atoms with E-state index < -0.39 is 0 Å². The Kier molecular flexibility index (Phi) is 6.70. The van der Waals surface area contributed by atoms with Crippen molar-refractivity contribution in [2.75, 3.05) is 24.1 Å². The van der Waals surface area contributed by atoms with Crippen molar-refractivity contribution in [3.8, 4) is 5.75 Å². The van der Waals surface area contributed by atoms with Crippen LogP contribution in [-0.2, 0) is 4.79 Å². The predicted octanol–water partition coefficient (Wildman–Crippen LogP) is 2.38. The molecule has 1 amide bonds. The molecule has 1 rings (SSSR count). The Morgan fingerprint density at radius 2 is 2.10 bits per heavy atom. The van der Waals surface area contributed by atoms with Gasteiger partial charge in [0.15, 0.2) is 0 Å². The van der Waals surface area contributed by atoms with E-state index in [9.17, 15) is 4.79 Å². The van der Waals surface area contributed by atoms with E-state index in [1.807, 2.05) is 32.9 Å². The van der Waals surface area contributed by atoms with E-state index in [-0.39, 0.29) is 12.0 Å². The van der Waals surface area contributed by atoms with Crippen LogP contribution in [0.2, 0.25) is 0 Å². The van der Waals surface area contributed by atoms with Crippen LogP contribution in [0.1, 0.15) is 33.6 Å². The molecule has 0 aromatic heterocycles. The lowest BCUT2D eigenvalue weighted by Crippen LogP contribution is -2.25. The summed E-state index contributed by atoms with van der Waals surface area (Å²) in [4.78, 5) is 11.5. The van der Waals surface area contributed by atoms with E-state index in [0.29, 0.717) is 24.4 Å². The molecule has 0 aliphatic carbocycles. The minimum absolute atomic E-state index is 0.0634. The molecule has 1 aromatic carbocycles. The lowest BCUT2D eigenvalue weighted by Gasteiger charge is -2.14. The quantitative estimate of drug-likeness (QED) is 0.639. The van der Waals surface area contributed by atoms with E-state index in [1.165, 1.54) is 0 Å². The zero-order valence-electron chi connectivity index (χ0n) is 12.5. The molecular formula is C15H25N3O2. The summed E-state index contributed by atoms with van der Waals surface area (Å²) >= 11 is 0. The van der Waals surface area contributed by atoms with Crippen LogP contribution in [0, 0.1) is 0 Å². The van der Waals surface area contributed by atoms with Gasteiger partial charge < -0.3 is 21.1 Å². The Balaban J connectivity index is 2.46. The summed E-state index contributed by atoms with van der Waals surface area (Å²) in [5, 5.41) is 6.04. The van der Waals surface area contributed by atoms with Crippen LogP contribution in [0.3, 0.4) is 0 Å². The molecule has 112 valence electrons. The zero-order chi connectivity index (χ0) is 15.0. The maximum absolute atomic E-state index is 11.5. The van der Waals surface area contributed by atoms with E-state index in [0.717, 1.165) is 18.7 Å². The maximum atomic E-state index is 11.5. The summed E-state index contributed by atoms with van der Waals surface area (Å²) in [5.74, 6) is 0.730. The molecule has 0 heterocycles. The van der Waals surface area contributed by atoms with Crippen molar-refractivity contribution in [1.29, 1.82) is 0 Å². The van der Waals surface area contributed by atoms with Gasteiger partial charge in [0.1, 0.15) is 5.75 Å². The largest absolute Gasteiger partial charge is 0.489 e. The van der Waals surface area contributed by atoms with Crippen molar-refractivity contribution < 1.29 is 9.53 Å². The Morgan fingerprint density at radius 3 is 2.75 bits per heavy atom. The van der Waals surface area contributed by atoms with Gasteiger partial charge in [0.2, 0.25) is 5.91 Å². The topological polar surface area (TPSA) is 76.4 Å². The summed E-state index contributed by atoms with van der Waals surface area (Å²) in [5.41, 5.74) is 7.37. The highest BCUT2D eigenvalue weighted by Gasteiger charge is 2.05. The van der Waals surface area contributed by atoms with Crippen molar-refractivity contribution in [1.82, 2.24) is 5.32 Å². The minimum Gasteiger partial charge on any atom is -0.489 e. The lowest BCUT2D eigenvalue weighted by atomic mass is 10.2. The molecule has 0 saturated carbocycles. The third-order valence-electron chi connectivity index (χ3n) is 2.63. The highest BCUT2D eigenvalue weighted by molar-refractivity contribution is 5.76. The first-order valence-corrected chi connectivity index (χ1v) is 7.09. The van der Waals surface area contributed by atoms with Gasteiger partial charge in [0.05, 0.1) is 11.8 Å². The third kappa shape index (κ3) is 5.82. The molecule has 0 aliphatic rings. The molecule has 0 bridgehead atoms. The van der Waals surface area contributed by atoms with Crippen molar-refractivity contribution >= 4 is 17.3 Å². The lowest BCUT2D eigenvalue weighted by molar-refractivity contribution is -0.120. The van der Waals surface area contributed by atoms with E-state index in [2.05, 4.69) is 10.6 Å². The molecular weight excluding hydrogens is 254 g/mol. The Bertz CT molecular complexity index is 433.